The van der Waals surface area contributed by atoms with Gasteiger partial charge < -0.3 is 4.74 Å². The fraction of sp³-hybridized carbons (Fsp3) is 0.357. The summed E-state index contributed by atoms with van der Waals surface area (Å²) in [4.78, 5) is 23.4. The molecule has 0 amide bonds. The molecule has 0 atom stereocenters. The number of thioether (sulfide) groups is 1. The highest BCUT2D eigenvalue weighted by atomic mass is 32.2. The average molecular weight is 307 g/mol. The van der Waals surface area contributed by atoms with Gasteiger partial charge in [-0.25, -0.2) is 14.7 Å². The largest absolute Gasteiger partial charge is 0.465 e. The minimum Gasteiger partial charge on any atom is -0.465 e. The van der Waals surface area contributed by atoms with Gasteiger partial charge in [-0.1, -0.05) is 30.0 Å². The van der Waals surface area contributed by atoms with Gasteiger partial charge in [-0.3, -0.25) is 4.57 Å². The van der Waals surface area contributed by atoms with E-state index in [0.717, 1.165) is 5.56 Å². The minimum absolute atomic E-state index is 0.0228. The number of carbonyl (C=O) groups is 1. The molecular formula is C14H17N3O3S. The molecule has 0 radical (unpaired) electrons. The number of H-pyrrole nitrogens is 1. The molecule has 0 aliphatic rings. The third-order valence-corrected chi connectivity index (χ3v) is 3.97. The summed E-state index contributed by atoms with van der Waals surface area (Å²) in [5.41, 5.74) is 1.15. The molecule has 1 aromatic carbocycles. The van der Waals surface area contributed by atoms with Crippen LogP contribution in [0.3, 0.4) is 0 Å². The Hall–Kier alpha value is -2.02. The molecule has 21 heavy (non-hydrogen) atoms. The first-order valence-corrected chi connectivity index (χ1v) is 7.49. The van der Waals surface area contributed by atoms with Gasteiger partial charge in [-0.2, -0.15) is 0 Å². The number of hydrogen-bond acceptors (Lipinski definition) is 5. The lowest BCUT2D eigenvalue weighted by Crippen LogP contribution is -2.19. The second-order valence-corrected chi connectivity index (χ2v) is 5.65. The van der Waals surface area contributed by atoms with E-state index in [0.29, 0.717) is 16.5 Å². The van der Waals surface area contributed by atoms with E-state index in [1.54, 1.807) is 16.7 Å². The Morgan fingerprint density at radius 2 is 2.14 bits per heavy atom. The lowest BCUT2D eigenvalue weighted by molar-refractivity contribution is 0.0600. The third-order valence-electron chi connectivity index (χ3n) is 2.97. The van der Waals surface area contributed by atoms with Crippen molar-refractivity contribution in [2.24, 2.45) is 0 Å². The molecule has 0 aliphatic heterocycles. The molecule has 7 heteroatoms. The molecule has 0 spiro atoms. The van der Waals surface area contributed by atoms with Crippen LogP contribution in [0.15, 0.2) is 34.2 Å². The molecule has 1 heterocycles. The lowest BCUT2D eigenvalue weighted by atomic mass is 10.1. The number of carbonyl (C=O) groups excluding carboxylic acids is 1. The number of nitrogens with one attached hydrogen (secondary N) is 1. The van der Waals surface area contributed by atoms with Gasteiger partial charge in [0.05, 0.1) is 12.7 Å². The molecule has 0 saturated heterocycles. The van der Waals surface area contributed by atoms with Crippen molar-refractivity contribution in [1.82, 2.24) is 14.8 Å². The number of hydrogen-bond donors (Lipinski definition) is 1. The smallest absolute Gasteiger partial charge is 0.344 e. The van der Waals surface area contributed by atoms with Crippen LogP contribution in [-0.2, 0) is 10.5 Å². The predicted molar refractivity (Wildman–Crippen MR) is 80.6 cm³/mol. The number of aromatic amines is 1. The van der Waals surface area contributed by atoms with E-state index < -0.39 is 0 Å². The quantitative estimate of drug-likeness (QED) is 0.677. The number of ether oxygens (including phenoxy) is 1. The molecule has 6 nitrogen and oxygen atoms in total. The van der Waals surface area contributed by atoms with Gasteiger partial charge in [-0.15, -0.1) is 5.10 Å². The highest BCUT2D eigenvalue weighted by Crippen LogP contribution is 2.24. The Morgan fingerprint density at radius 1 is 1.43 bits per heavy atom. The third kappa shape index (κ3) is 3.36. The van der Waals surface area contributed by atoms with Gasteiger partial charge in [-0.05, 0) is 25.5 Å². The maximum Gasteiger partial charge on any atom is 0.344 e. The number of rotatable bonds is 5. The molecule has 2 rings (SSSR count). The number of methoxy groups -OCH3 is 1. The fourth-order valence-electron chi connectivity index (χ4n) is 1.95. The van der Waals surface area contributed by atoms with Gasteiger partial charge in [0, 0.05) is 11.8 Å². The number of aromatic nitrogens is 3. The molecule has 0 bridgehead atoms. The van der Waals surface area contributed by atoms with Crippen LogP contribution in [0.4, 0.5) is 0 Å². The van der Waals surface area contributed by atoms with Crippen molar-refractivity contribution in [3.8, 4) is 0 Å². The predicted octanol–water partition coefficient (Wildman–Crippen LogP) is 2.23. The molecule has 1 N–H and O–H groups in total. The highest BCUT2D eigenvalue weighted by molar-refractivity contribution is 7.98. The fourth-order valence-corrected chi connectivity index (χ4v) is 3.02. The Labute approximate surface area is 126 Å². The first kappa shape index (κ1) is 15.4. The highest BCUT2D eigenvalue weighted by Gasteiger charge is 2.15. The zero-order chi connectivity index (χ0) is 15.4. The molecule has 0 fully saturated rings. The van der Waals surface area contributed by atoms with Gasteiger partial charge in [0.2, 0.25) is 0 Å². The summed E-state index contributed by atoms with van der Waals surface area (Å²) in [6.07, 6.45) is 0. The van der Waals surface area contributed by atoms with Gasteiger partial charge >= 0.3 is 11.7 Å². The molecule has 1 aromatic heterocycles. The van der Waals surface area contributed by atoms with Crippen LogP contribution < -0.4 is 5.69 Å². The van der Waals surface area contributed by atoms with Crippen LogP contribution in [-0.4, -0.2) is 27.8 Å². The molecule has 0 unspecified atom stereocenters. The van der Waals surface area contributed by atoms with E-state index in [-0.39, 0.29) is 17.7 Å². The van der Waals surface area contributed by atoms with Crippen LogP contribution >= 0.6 is 11.8 Å². The summed E-state index contributed by atoms with van der Waals surface area (Å²) < 4.78 is 6.36. The van der Waals surface area contributed by atoms with Gasteiger partial charge in [0.15, 0.2) is 5.16 Å². The average Bonchev–Trinajstić information content (AvgIpc) is 2.85. The first-order chi connectivity index (χ1) is 10.0. The normalized spacial score (nSPS) is 10.9. The van der Waals surface area contributed by atoms with Crippen LogP contribution in [0, 0.1) is 0 Å². The second-order valence-electron chi connectivity index (χ2n) is 4.71. The molecule has 112 valence electrons. The summed E-state index contributed by atoms with van der Waals surface area (Å²) in [6.45, 7) is 3.84. The van der Waals surface area contributed by atoms with Crippen LogP contribution in [0.2, 0.25) is 0 Å². The van der Waals surface area contributed by atoms with E-state index in [9.17, 15) is 9.59 Å². The summed E-state index contributed by atoms with van der Waals surface area (Å²) in [5, 5.41) is 7.07. The minimum atomic E-state index is -0.366. The van der Waals surface area contributed by atoms with E-state index >= 15 is 0 Å². The van der Waals surface area contributed by atoms with Crippen molar-refractivity contribution < 1.29 is 9.53 Å². The zero-order valence-corrected chi connectivity index (χ0v) is 12.9. The van der Waals surface area contributed by atoms with Crippen molar-refractivity contribution in [3.05, 3.63) is 45.9 Å². The Morgan fingerprint density at radius 3 is 2.81 bits per heavy atom. The van der Waals surface area contributed by atoms with Crippen LogP contribution in [0.1, 0.15) is 35.8 Å². The number of esters is 1. The number of nitrogens with zero attached hydrogens (tertiary/aromatic N) is 2. The molecule has 0 aliphatic carbocycles. The van der Waals surface area contributed by atoms with Crippen molar-refractivity contribution in [3.63, 3.8) is 0 Å². The number of benzene rings is 1. The summed E-state index contributed by atoms with van der Waals surface area (Å²) in [5.74, 6) is 0.164. The lowest BCUT2D eigenvalue weighted by Gasteiger charge is -2.10. The molecule has 0 saturated carbocycles. The van der Waals surface area contributed by atoms with E-state index in [1.807, 2.05) is 26.0 Å². The Kier molecular flexibility index (Phi) is 4.85. The van der Waals surface area contributed by atoms with Gasteiger partial charge in [0.25, 0.3) is 0 Å². The van der Waals surface area contributed by atoms with E-state index in [2.05, 4.69) is 10.2 Å². The summed E-state index contributed by atoms with van der Waals surface area (Å²) in [6, 6.07) is 7.27. The van der Waals surface area contributed by atoms with E-state index in [1.165, 1.54) is 18.9 Å². The topological polar surface area (TPSA) is 77.0 Å². The van der Waals surface area contributed by atoms with E-state index in [4.69, 9.17) is 4.74 Å². The maximum absolute atomic E-state index is 11.7. The van der Waals surface area contributed by atoms with Crippen LogP contribution in [0.25, 0.3) is 0 Å². The SMILES string of the molecule is COC(=O)c1ccccc1CSc1n[nH]c(=O)n1C(C)C. The van der Waals surface area contributed by atoms with Crippen molar-refractivity contribution in [2.75, 3.05) is 7.11 Å². The monoisotopic (exact) mass is 307 g/mol. The molecular weight excluding hydrogens is 290 g/mol. The van der Waals surface area contributed by atoms with Crippen LogP contribution in [0.5, 0.6) is 0 Å². The summed E-state index contributed by atoms with van der Waals surface area (Å²) in [7, 11) is 1.36. The zero-order valence-electron chi connectivity index (χ0n) is 12.1. The Balaban J connectivity index is 2.22. The maximum atomic E-state index is 11.7. The standard InChI is InChI=1S/C14H17N3O3S/c1-9(2)17-13(19)15-16-14(17)21-8-10-6-4-5-7-11(10)12(18)20-3/h4-7,9H,8H2,1-3H3,(H,15,19). The first-order valence-electron chi connectivity index (χ1n) is 6.50. The summed E-state index contributed by atoms with van der Waals surface area (Å²) >= 11 is 1.40. The Bertz CT molecular complexity index is 691. The molecule has 2 aromatic rings. The van der Waals surface area contributed by atoms with Gasteiger partial charge in [0.1, 0.15) is 0 Å². The van der Waals surface area contributed by atoms with Crippen molar-refractivity contribution in [2.45, 2.75) is 30.8 Å². The second kappa shape index (κ2) is 6.62. The van der Waals surface area contributed by atoms with Crippen molar-refractivity contribution in [1.29, 1.82) is 0 Å². The van der Waals surface area contributed by atoms with Crippen molar-refractivity contribution >= 4 is 17.7 Å².